The molecule has 3 aromatic rings. The van der Waals surface area contributed by atoms with Crippen LogP contribution in [0.1, 0.15) is 49.7 Å². The summed E-state index contributed by atoms with van der Waals surface area (Å²) in [6.07, 6.45) is 10.4. The van der Waals surface area contributed by atoms with Gasteiger partial charge in [0.2, 0.25) is 0 Å². The highest BCUT2D eigenvalue weighted by molar-refractivity contribution is 6.02. The molecule has 4 aliphatic carbocycles. The van der Waals surface area contributed by atoms with Gasteiger partial charge in [0.15, 0.2) is 0 Å². The second kappa shape index (κ2) is 6.45. The summed E-state index contributed by atoms with van der Waals surface area (Å²) in [4.78, 5) is 4.69. The van der Waals surface area contributed by atoms with Gasteiger partial charge in [-0.3, -0.25) is 4.99 Å². The largest absolute Gasteiger partial charge is 0.507 e. The van der Waals surface area contributed by atoms with Gasteiger partial charge < -0.3 is 5.11 Å². The number of fused-ring (bicyclic) bond motifs is 1. The zero-order valence-electron chi connectivity index (χ0n) is 16.7. The Balaban J connectivity index is 1.29. The van der Waals surface area contributed by atoms with E-state index in [-0.39, 0.29) is 5.75 Å². The van der Waals surface area contributed by atoms with Crippen LogP contribution in [0.15, 0.2) is 65.7 Å². The summed E-state index contributed by atoms with van der Waals surface area (Å²) in [5, 5.41) is 12.5. The molecule has 4 aliphatic rings. The fourth-order valence-corrected chi connectivity index (χ4v) is 6.92. The molecule has 29 heavy (non-hydrogen) atoms. The Morgan fingerprint density at radius 2 is 1.45 bits per heavy atom. The van der Waals surface area contributed by atoms with Crippen LogP contribution < -0.4 is 0 Å². The van der Waals surface area contributed by atoms with E-state index in [4.69, 9.17) is 0 Å². The molecule has 0 saturated heterocycles. The van der Waals surface area contributed by atoms with Gasteiger partial charge in [-0.25, -0.2) is 0 Å². The first-order chi connectivity index (χ1) is 14.2. The molecule has 0 spiro atoms. The Bertz CT molecular complexity index is 1060. The van der Waals surface area contributed by atoms with E-state index in [9.17, 15) is 5.11 Å². The van der Waals surface area contributed by atoms with Gasteiger partial charge in [-0.05, 0) is 96.2 Å². The average molecular weight is 382 g/mol. The van der Waals surface area contributed by atoms with Gasteiger partial charge in [0.1, 0.15) is 5.75 Å². The molecule has 0 heterocycles. The predicted molar refractivity (Wildman–Crippen MR) is 119 cm³/mol. The highest BCUT2D eigenvalue weighted by Gasteiger charge is 2.51. The van der Waals surface area contributed by atoms with E-state index >= 15 is 0 Å². The monoisotopic (exact) mass is 381 g/mol. The zero-order chi connectivity index (χ0) is 19.4. The van der Waals surface area contributed by atoms with Crippen molar-refractivity contribution >= 4 is 22.7 Å². The van der Waals surface area contributed by atoms with Gasteiger partial charge in [0.25, 0.3) is 0 Å². The summed E-state index contributed by atoms with van der Waals surface area (Å²) in [7, 11) is 0. The third-order valence-electron chi connectivity index (χ3n) is 7.81. The Hall–Kier alpha value is -2.61. The predicted octanol–water partition coefficient (Wildman–Crippen LogP) is 6.76. The maximum absolute atomic E-state index is 10.3. The van der Waals surface area contributed by atoms with E-state index in [0.29, 0.717) is 5.41 Å². The molecule has 4 saturated carbocycles. The number of aromatic hydroxyl groups is 1. The van der Waals surface area contributed by atoms with E-state index in [0.717, 1.165) is 39.8 Å². The standard InChI is InChI=1S/C27H27NO/c29-26-10-5-21-3-1-2-4-24(21)25(26)17-28-23-8-6-22(7-9-23)27-14-18-11-19(15-27)13-20(12-18)16-27/h1-10,17-20,29H,11-16H2. The quantitative estimate of drug-likeness (QED) is 0.499. The molecule has 3 aromatic carbocycles. The van der Waals surface area contributed by atoms with Crippen molar-refractivity contribution < 1.29 is 5.11 Å². The highest BCUT2D eigenvalue weighted by atomic mass is 16.3. The third-order valence-corrected chi connectivity index (χ3v) is 7.81. The lowest BCUT2D eigenvalue weighted by molar-refractivity contribution is -0.00518. The van der Waals surface area contributed by atoms with Gasteiger partial charge in [-0.1, -0.05) is 42.5 Å². The first-order valence-electron chi connectivity index (χ1n) is 11.0. The molecule has 4 fully saturated rings. The molecule has 0 aromatic heterocycles. The van der Waals surface area contributed by atoms with Crippen molar-refractivity contribution in [3.63, 3.8) is 0 Å². The van der Waals surface area contributed by atoms with Crippen LogP contribution in [0.5, 0.6) is 5.75 Å². The van der Waals surface area contributed by atoms with Gasteiger partial charge in [0, 0.05) is 11.8 Å². The van der Waals surface area contributed by atoms with Crippen molar-refractivity contribution in [2.75, 3.05) is 0 Å². The Labute approximate surface area is 172 Å². The average Bonchev–Trinajstić information content (AvgIpc) is 2.72. The molecule has 2 heteroatoms. The third kappa shape index (κ3) is 2.88. The summed E-state index contributed by atoms with van der Waals surface area (Å²) in [6.45, 7) is 0. The SMILES string of the molecule is Oc1ccc2ccccc2c1C=Nc1ccc(C23CC4CC(CC(C4)C2)C3)cc1. The summed E-state index contributed by atoms with van der Waals surface area (Å²) < 4.78 is 0. The Morgan fingerprint density at radius 3 is 2.14 bits per heavy atom. The van der Waals surface area contributed by atoms with Crippen LogP contribution in [0.3, 0.4) is 0 Å². The van der Waals surface area contributed by atoms with Crippen LogP contribution in [0.4, 0.5) is 5.69 Å². The number of rotatable bonds is 3. The smallest absolute Gasteiger partial charge is 0.124 e. The van der Waals surface area contributed by atoms with Crippen molar-refractivity contribution in [1.29, 1.82) is 0 Å². The van der Waals surface area contributed by atoms with E-state index < -0.39 is 0 Å². The molecule has 0 radical (unpaired) electrons. The molecular formula is C27H27NO. The second-order valence-corrected chi connectivity index (χ2v) is 9.72. The van der Waals surface area contributed by atoms with E-state index in [1.807, 2.05) is 24.3 Å². The van der Waals surface area contributed by atoms with Gasteiger partial charge in [-0.2, -0.15) is 0 Å². The first-order valence-corrected chi connectivity index (χ1v) is 11.0. The molecule has 0 aliphatic heterocycles. The molecule has 4 bridgehead atoms. The van der Waals surface area contributed by atoms with E-state index in [1.165, 1.54) is 44.1 Å². The lowest BCUT2D eigenvalue weighted by Gasteiger charge is -2.57. The number of hydrogen-bond donors (Lipinski definition) is 1. The van der Waals surface area contributed by atoms with Gasteiger partial charge in [0.05, 0.1) is 5.69 Å². The fourth-order valence-electron chi connectivity index (χ4n) is 6.92. The van der Waals surface area contributed by atoms with Crippen LogP contribution in [-0.4, -0.2) is 11.3 Å². The maximum Gasteiger partial charge on any atom is 0.124 e. The Morgan fingerprint density at radius 1 is 0.793 bits per heavy atom. The normalized spacial score (nSPS) is 30.4. The van der Waals surface area contributed by atoms with Crippen LogP contribution >= 0.6 is 0 Å². The number of benzene rings is 3. The summed E-state index contributed by atoms with van der Waals surface area (Å²) in [5.41, 5.74) is 3.70. The zero-order valence-corrected chi connectivity index (χ0v) is 16.7. The number of phenolic OH excluding ortho intramolecular Hbond substituents is 1. The molecule has 1 N–H and O–H groups in total. The van der Waals surface area contributed by atoms with Gasteiger partial charge in [-0.15, -0.1) is 0 Å². The van der Waals surface area contributed by atoms with E-state index in [2.05, 4.69) is 35.3 Å². The molecule has 146 valence electrons. The lowest BCUT2D eigenvalue weighted by atomic mass is 9.48. The molecule has 2 nitrogen and oxygen atoms in total. The first kappa shape index (κ1) is 17.3. The van der Waals surface area contributed by atoms with Crippen LogP contribution in [0.2, 0.25) is 0 Å². The fraction of sp³-hybridized carbons (Fsp3) is 0.370. The van der Waals surface area contributed by atoms with Crippen molar-refractivity contribution in [2.24, 2.45) is 22.7 Å². The minimum absolute atomic E-state index is 0.276. The highest BCUT2D eigenvalue weighted by Crippen LogP contribution is 2.60. The topological polar surface area (TPSA) is 32.6 Å². The Kier molecular flexibility index (Phi) is 3.84. The summed E-state index contributed by atoms with van der Waals surface area (Å²) >= 11 is 0. The summed E-state index contributed by atoms with van der Waals surface area (Å²) in [6, 6.07) is 20.8. The minimum atomic E-state index is 0.276. The van der Waals surface area contributed by atoms with Crippen LogP contribution in [-0.2, 0) is 5.41 Å². The summed E-state index contributed by atoms with van der Waals surface area (Å²) in [5.74, 6) is 3.17. The number of phenols is 1. The van der Waals surface area contributed by atoms with Crippen molar-refractivity contribution in [1.82, 2.24) is 0 Å². The minimum Gasteiger partial charge on any atom is -0.507 e. The molecule has 0 amide bonds. The molecular weight excluding hydrogens is 354 g/mol. The van der Waals surface area contributed by atoms with E-state index in [1.54, 1.807) is 12.3 Å². The molecule has 0 unspecified atom stereocenters. The van der Waals surface area contributed by atoms with Crippen molar-refractivity contribution in [3.8, 4) is 5.75 Å². The van der Waals surface area contributed by atoms with Crippen LogP contribution in [0, 0.1) is 17.8 Å². The number of aliphatic imine (C=N–C) groups is 1. The van der Waals surface area contributed by atoms with Crippen LogP contribution in [0.25, 0.3) is 10.8 Å². The number of hydrogen-bond acceptors (Lipinski definition) is 2. The second-order valence-electron chi connectivity index (χ2n) is 9.72. The molecule has 7 rings (SSSR count). The number of nitrogens with zero attached hydrogens (tertiary/aromatic N) is 1. The van der Waals surface area contributed by atoms with Crippen molar-refractivity contribution in [3.05, 3.63) is 71.8 Å². The maximum atomic E-state index is 10.3. The molecule has 0 atom stereocenters. The lowest BCUT2D eigenvalue weighted by Crippen LogP contribution is -2.48. The van der Waals surface area contributed by atoms with Gasteiger partial charge >= 0.3 is 0 Å². The van der Waals surface area contributed by atoms with Crippen molar-refractivity contribution in [2.45, 2.75) is 43.9 Å².